The number of thiol groups is 1. The van der Waals surface area contributed by atoms with Gasteiger partial charge < -0.3 is 10.2 Å². The molecule has 2 atom stereocenters. The second-order valence-corrected chi connectivity index (χ2v) is 4.03. The van der Waals surface area contributed by atoms with Crippen LogP contribution in [0.3, 0.4) is 0 Å². The van der Waals surface area contributed by atoms with Gasteiger partial charge in [0.15, 0.2) is 0 Å². The molecule has 0 aliphatic rings. The van der Waals surface area contributed by atoms with E-state index in [1.165, 1.54) is 0 Å². The summed E-state index contributed by atoms with van der Waals surface area (Å²) < 4.78 is 0.885. The Hall–Kier alpha value is -0.0300. The second kappa shape index (κ2) is 5.00. The third-order valence-corrected chi connectivity index (χ3v) is 2.61. The molecule has 4 heteroatoms. The highest BCUT2D eigenvalue weighted by Gasteiger charge is 2.16. The van der Waals surface area contributed by atoms with Crippen LogP contribution in [0.5, 0.6) is 0 Å². The van der Waals surface area contributed by atoms with Crippen LogP contribution >= 0.6 is 28.6 Å². The summed E-state index contributed by atoms with van der Waals surface area (Å²) in [7, 11) is 0. The number of halogens is 1. The van der Waals surface area contributed by atoms with Gasteiger partial charge in [-0.2, -0.15) is 12.6 Å². The predicted molar refractivity (Wildman–Crippen MR) is 59.0 cm³/mol. The van der Waals surface area contributed by atoms with E-state index in [2.05, 4.69) is 28.6 Å². The Balaban J connectivity index is 2.82. The minimum atomic E-state index is -0.866. The summed E-state index contributed by atoms with van der Waals surface area (Å²) in [5, 5.41) is 18.9. The monoisotopic (exact) mass is 262 g/mol. The summed E-state index contributed by atoms with van der Waals surface area (Å²) in [4.78, 5) is 0. The average Bonchev–Trinajstić information content (AvgIpc) is 2.15. The van der Waals surface area contributed by atoms with Gasteiger partial charge in [-0.15, -0.1) is 0 Å². The van der Waals surface area contributed by atoms with Crippen molar-refractivity contribution in [3.05, 3.63) is 34.3 Å². The maximum absolute atomic E-state index is 9.59. The van der Waals surface area contributed by atoms with Crippen LogP contribution in [0.15, 0.2) is 28.7 Å². The number of aliphatic hydroxyl groups excluding tert-OH is 2. The molecule has 0 aliphatic heterocycles. The summed E-state index contributed by atoms with van der Waals surface area (Å²) in [5.41, 5.74) is 0.691. The SMILES string of the molecule is OC(CS)C(O)c1cccc(Br)c1. The lowest BCUT2D eigenvalue weighted by Crippen LogP contribution is -2.19. The fraction of sp³-hybridized carbons (Fsp3) is 0.333. The van der Waals surface area contributed by atoms with Gasteiger partial charge in [-0.3, -0.25) is 0 Å². The topological polar surface area (TPSA) is 40.5 Å². The number of hydrogen-bond donors (Lipinski definition) is 3. The van der Waals surface area contributed by atoms with Gasteiger partial charge in [0.05, 0.1) is 6.10 Å². The van der Waals surface area contributed by atoms with Crippen molar-refractivity contribution < 1.29 is 10.2 Å². The second-order valence-electron chi connectivity index (χ2n) is 2.75. The molecule has 0 bridgehead atoms. The lowest BCUT2D eigenvalue weighted by molar-refractivity contribution is 0.0337. The Morgan fingerprint density at radius 1 is 1.38 bits per heavy atom. The Morgan fingerprint density at radius 2 is 2.08 bits per heavy atom. The van der Waals surface area contributed by atoms with Crippen LogP contribution in [-0.2, 0) is 0 Å². The molecule has 0 aliphatic carbocycles. The highest BCUT2D eigenvalue weighted by molar-refractivity contribution is 9.10. The molecule has 2 unspecified atom stereocenters. The van der Waals surface area contributed by atoms with E-state index in [-0.39, 0.29) is 5.75 Å². The molecular formula is C9H11BrO2S. The van der Waals surface area contributed by atoms with Gasteiger partial charge in [0.25, 0.3) is 0 Å². The zero-order valence-corrected chi connectivity index (χ0v) is 9.37. The van der Waals surface area contributed by atoms with E-state index in [1.54, 1.807) is 12.1 Å². The Labute approximate surface area is 91.1 Å². The van der Waals surface area contributed by atoms with Crippen molar-refractivity contribution in [3.8, 4) is 0 Å². The summed E-state index contributed by atoms with van der Waals surface area (Å²) in [6, 6.07) is 7.22. The fourth-order valence-electron chi connectivity index (χ4n) is 1.01. The van der Waals surface area contributed by atoms with Crippen molar-refractivity contribution in [1.29, 1.82) is 0 Å². The zero-order chi connectivity index (χ0) is 9.84. The molecule has 0 saturated heterocycles. The van der Waals surface area contributed by atoms with Crippen LogP contribution in [0, 0.1) is 0 Å². The molecule has 72 valence electrons. The van der Waals surface area contributed by atoms with E-state index >= 15 is 0 Å². The van der Waals surface area contributed by atoms with E-state index < -0.39 is 12.2 Å². The Morgan fingerprint density at radius 3 is 2.62 bits per heavy atom. The largest absolute Gasteiger partial charge is 0.389 e. The third kappa shape index (κ3) is 2.98. The van der Waals surface area contributed by atoms with E-state index in [1.807, 2.05) is 12.1 Å². The van der Waals surface area contributed by atoms with E-state index in [9.17, 15) is 10.2 Å². The highest BCUT2D eigenvalue weighted by Crippen LogP contribution is 2.21. The molecule has 2 N–H and O–H groups in total. The average molecular weight is 263 g/mol. The molecule has 1 aromatic carbocycles. The van der Waals surface area contributed by atoms with Crippen LogP contribution < -0.4 is 0 Å². The normalized spacial score (nSPS) is 15.4. The standard InChI is InChI=1S/C9H11BrO2S/c10-7-3-1-2-6(4-7)9(12)8(11)5-13/h1-4,8-9,11-13H,5H2. The Kier molecular flexibility index (Phi) is 4.25. The van der Waals surface area contributed by atoms with Gasteiger partial charge in [0, 0.05) is 10.2 Å². The molecular weight excluding hydrogens is 252 g/mol. The first-order valence-electron chi connectivity index (χ1n) is 3.87. The van der Waals surface area contributed by atoms with Crippen molar-refractivity contribution in [1.82, 2.24) is 0 Å². The van der Waals surface area contributed by atoms with Crippen molar-refractivity contribution in [2.75, 3.05) is 5.75 Å². The minimum Gasteiger partial charge on any atom is -0.389 e. The summed E-state index contributed by atoms with van der Waals surface area (Å²) in [6.07, 6.45) is -1.69. The van der Waals surface area contributed by atoms with Crippen molar-refractivity contribution in [3.63, 3.8) is 0 Å². The predicted octanol–water partition coefficient (Wildman–Crippen LogP) is 1.77. The lowest BCUT2D eigenvalue weighted by atomic mass is 10.1. The molecule has 0 fully saturated rings. The van der Waals surface area contributed by atoms with E-state index in [0.29, 0.717) is 5.56 Å². The lowest BCUT2D eigenvalue weighted by Gasteiger charge is -2.15. The molecule has 0 amide bonds. The maximum Gasteiger partial charge on any atom is 0.106 e. The van der Waals surface area contributed by atoms with Gasteiger partial charge in [0.2, 0.25) is 0 Å². The van der Waals surface area contributed by atoms with Crippen LogP contribution in [0.25, 0.3) is 0 Å². The first-order valence-corrected chi connectivity index (χ1v) is 5.30. The molecule has 0 aromatic heterocycles. The first kappa shape index (κ1) is 11.0. The summed E-state index contributed by atoms with van der Waals surface area (Å²) >= 11 is 7.20. The zero-order valence-electron chi connectivity index (χ0n) is 6.89. The molecule has 0 spiro atoms. The van der Waals surface area contributed by atoms with Crippen LogP contribution in [0.4, 0.5) is 0 Å². The van der Waals surface area contributed by atoms with E-state index in [0.717, 1.165) is 4.47 Å². The van der Waals surface area contributed by atoms with Gasteiger partial charge >= 0.3 is 0 Å². The number of hydrogen-bond acceptors (Lipinski definition) is 3. The smallest absolute Gasteiger partial charge is 0.106 e. The van der Waals surface area contributed by atoms with Crippen LogP contribution in [0.1, 0.15) is 11.7 Å². The van der Waals surface area contributed by atoms with Crippen molar-refractivity contribution in [2.45, 2.75) is 12.2 Å². The van der Waals surface area contributed by atoms with Gasteiger partial charge in [-0.05, 0) is 17.7 Å². The highest BCUT2D eigenvalue weighted by atomic mass is 79.9. The molecule has 0 heterocycles. The van der Waals surface area contributed by atoms with Crippen LogP contribution in [0.2, 0.25) is 0 Å². The van der Waals surface area contributed by atoms with Crippen molar-refractivity contribution in [2.24, 2.45) is 0 Å². The number of aliphatic hydroxyl groups is 2. The van der Waals surface area contributed by atoms with Gasteiger partial charge in [-0.1, -0.05) is 28.1 Å². The molecule has 1 rings (SSSR count). The first-order chi connectivity index (χ1) is 6.15. The molecule has 0 saturated carbocycles. The van der Waals surface area contributed by atoms with Crippen LogP contribution in [-0.4, -0.2) is 22.1 Å². The van der Waals surface area contributed by atoms with Gasteiger partial charge in [-0.25, -0.2) is 0 Å². The summed E-state index contributed by atoms with van der Waals surface area (Å²) in [6.45, 7) is 0. The summed E-state index contributed by atoms with van der Waals surface area (Å²) in [5.74, 6) is 0.244. The van der Waals surface area contributed by atoms with E-state index in [4.69, 9.17) is 0 Å². The molecule has 0 radical (unpaired) electrons. The minimum absolute atomic E-state index is 0.244. The van der Waals surface area contributed by atoms with Gasteiger partial charge in [0.1, 0.15) is 6.10 Å². The Bertz CT molecular complexity index is 280. The molecule has 1 aromatic rings. The quantitative estimate of drug-likeness (QED) is 0.727. The number of benzene rings is 1. The fourth-order valence-corrected chi connectivity index (χ4v) is 1.63. The maximum atomic E-state index is 9.59. The molecule has 2 nitrogen and oxygen atoms in total. The third-order valence-electron chi connectivity index (χ3n) is 1.74. The number of rotatable bonds is 3. The van der Waals surface area contributed by atoms with Crippen molar-refractivity contribution >= 4 is 28.6 Å². The molecule has 13 heavy (non-hydrogen) atoms.